The highest BCUT2D eigenvalue weighted by Crippen LogP contribution is 2.35. The molecule has 58 heavy (non-hydrogen) atoms. The number of methoxy groups -OCH3 is 2. The van der Waals surface area contributed by atoms with Gasteiger partial charge in [0.15, 0.2) is 0 Å². The molecule has 0 bridgehead atoms. The van der Waals surface area contributed by atoms with Gasteiger partial charge in [0, 0.05) is 24.2 Å². The van der Waals surface area contributed by atoms with Gasteiger partial charge in [0.05, 0.1) is 44.4 Å². The molecular formula is C44H50N8O6. The highest BCUT2D eigenvalue weighted by atomic mass is 16.5. The normalized spacial score (nSPS) is 17.2. The molecule has 14 heteroatoms. The van der Waals surface area contributed by atoms with Gasteiger partial charge in [-0.1, -0.05) is 70.0 Å². The van der Waals surface area contributed by atoms with Crippen LogP contribution in [0.4, 0.5) is 9.59 Å². The molecule has 0 spiro atoms. The minimum Gasteiger partial charge on any atom is -0.453 e. The van der Waals surface area contributed by atoms with Crippen LogP contribution in [0.1, 0.15) is 88.4 Å². The van der Waals surface area contributed by atoms with Gasteiger partial charge in [0.1, 0.15) is 29.4 Å². The summed E-state index contributed by atoms with van der Waals surface area (Å²) in [4.78, 5) is 70.6. The highest BCUT2D eigenvalue weighted by Gasteiger charge is 2.39. The molecule has 0 unspecified atom stereocenters. The molecule has 0 radical (unpaired) electrons. The van der Waals surface area contributed by atoms with Gasteiger partial charge in [-0.3, -0.25) is 9.59 Å². The van der Waals surface area contributed by atoms with Crippen LogP contribution in [0.15, 0.2) is 60.9 Å². The Bertz CT molecular complexity index is 2240. The number of nitrogens with zero attached hydrogens (tertiary/aromatic N) is 4. The second-order valence-corrected chi connectivity index (χ2v) is 15.1. The van der Waals surface area contributed by atoms with Crippen LogP contribution in [0.5, 0.6) is 0 Å². The number of nitrogens with one attached hydrogen (secondary N) is 4. The minimum atomic E-state index is -0.716. The summed E-state index contributed by atoms with van der Waals surface area (Å²) in [6, 6.07) is 14.0. The Labute approximate surface area is 338 Å². The van der Waals surface area contributed by atoms with E-state index in [2.05, 4.69) is 55.3 Å². The molecule has 2 fully saturated rings. The standard InChI is InChI=1S/C44H50N8O6/c1-27(2)37(49-43(55)57-5)41(53)51-22-12-18-35(51)39-45-25-32(47-39)17-11-10-16-30-20-21-31(24-33(30)29-14-8-7-9-15-29)34-26-46-40(48-34)36-19-13-23-52(36)42(54)38(28(3)4)50-44(56)58-6/h7-9,14-15,20-21,24-28,35-38H,12-13,18-19,22-23H2,1-6H3,(H,45,47)(H,46,48)(H,49,55)(H,50,56)/t35-,36-,37-,38-/m0/s1. The molecule has 4 N–H and O–H groups in total. The van der Waals surface area contributed by atoms with Gasteiger partial charge in [-0.05, 0) is 78.5 Å². The number of likely N-dealkylation sites (tertiary alicyclic amines) is 2. The van der Waals surface area contributed by atoms with Crippen molar-refractivity contribution in [3.05, 3.63) is 83.8 Å². The van der Waals surface area contributed by atoms with Crippen molar-refractivity contribution in [3.8, 4) is 46.1 Å². The van der Waals surface area contributed by atoms with Gasteiger partial charge in [-0.15, -0.1) is 0 Å². The van der Waals surface area contributed by atoms with Crippen molar-refractivity contribution < 1.29 is 28.7 Å². The number of aromatic amines is 2. The molecule has 2 saturated heterocycles. The zero-order valence-corrected chi connectivity index (χ0v) is 33.7. The molecule has 2 aliphatic rings. The molecule has 6 rings (SSSR count). The van der Waals surface area contributed by atoms with Crippen molar-refractivity contribution in [2.75, 3.05) is 27.3 Å². The smallest absolute Gasteiger partial charge is 0.407 e. The largest absolute Gasteiger partial charge is 0.453 e. The summed E-state index contributed by atoms with van der Waals surface area (Å²) in [5.41, 5.74) is 4.99. The van der Waals surface area contributed by atoms with E-state index in [1.54, 1.807) is 22.2 Å². The van der Waals surface area contributed by atoms with Crippen LogP contribution in [0, 0.1) is 35.5 Å². The lowest BCUT2D eigenvalue weighted by molar-refractivity contribution is -0.136. The molecule has 0 saturated carbocycles. The summed E-state index contributed by atoms with van der Waals surface area (Å²) in [6.45, 7) is 8.67. The molecule has 4 aromatic rings. The number of carbonyl (C=O) groups is 4. The molecular weight excluding hydrogens is 737 g/mol. The van der Waals surface area contributed by atoms with Crippen molar-refractivity contribution in [2.24, 2.45) is 11.8 Å². The summed E-state index contributed by atoms with van der Waals surface area (Å²) in [6.07, 6.45) is 5.26. The van der Waals surface area contributed by atoms with Crippen molar-refractivity contribution in [3.63, 3.8) is 0 Å². The first-order chi connectivity index (χ1) is 28.0. The minimum absolute atomic E-state index is 0.128. The van der Waals surface area contributed by atoms with Crippen LogP contribution in [0.2, 0.25) is 0 Å². The second-order valence-electron chi connectivity index (χ2n) is 15.1. The van der Waals surface area contributed by atoms with E-state index in [1.807, 2.05) is 70.2 Å². The van der Waals surface area contributed by atoms with E-state index in [4.69, 9.17) is 14.5 Å². The van der Waals surface area contributed by atoms with Gasteiger partial charge in [0.2, 0.25) is 11.8 Å². The SMILES string of the molecule is COC(=O)N[C@H](C(=O)N1CCC[C@H]1c1ncc(C#CC#Cc2ccc(-c3cnc([C@@H]4CCCN4C(=O)[C@@H](NC(=O)OC)C(C)C)[nH]3)cc2-c2ccccc2)[nH]1)C(C)C. The number of hydrogen-bond donors (Lipinski definition) is 4. The van der Waals surface area contributed by atoms with E-state index in [9.17, 15) is 19.2 Å². The van der Waals surface area contributed by atoms with E-state index in [1.165, 1.54) is 14.2 Å². The average molecular weight is 787 g/mol. The average Bonchev–Trinajstić information content (AvgIpc) is 4.07. The third kappa shape index (κ3) is 9.35. The molecule has 0 aliphatic carbocycles. The van der Waals surface area contributed by atoms with Gasteiger partial charge in [-0.25, -0.2) is 19.6 Å². The lowest BCUT2D eigenvalue weighted by Crippen LogP contribution is -2.51. The topological polar surface area (TPSA) is 175 Å². The third-order valence-electron chi connectivity index (χ3n) is 10.5. The number of benzene rings is 2. The fourth-order valence-electron chi connectivity index (χ4n) is 7.48. The Morgan fingerprint density at radius 1 is 0.724 bits per heavy atom. The first-order valence-electron chi connectivity index (χ1n) is 19.6. The molecule has 2 aromatic carbocycles. The number of ether oxygens (including phenoxy) is 2. The van der Waals surface area contributed by atoms with Crippen LogP contribution in [-0.4, -0.2) is 93.1 Å². The number of imidazole rings is 2. The fraction of sp³-hybridized carbons (Fsp3) is 0.409. The lowest BCUT2D eigenvalue weighted by Gasteiger charge is -2.30. The number of carbonyl (C=O) groups excluding carboxylic acids is 4. The predicted octanol–water partition coefficient (Wildman–Crippen LogP) is 5.96. The number of hydrogen-bond acceptors (Lipinski definition) is 8. The molecule has 2 aromatic heterocycles. The van der Waals surface area contributed by atoms with Crippen LogP contribution >= 0.6 is 0 Å². The number of aromatic nitrogens is 4. The van der Waals surface area contributed by atoms with Crippen LogP contribution in [-0.2, 0) is 19.1 Å². The van der Waals surface area contributed by atoms with Crippen molar-refractivity contribution in [1.82, 2.24) is 40.4 Å². The van der Waals surface area contributed by atoms with Gasteiger partial charge >= 0.3 is 12.2 Å². The number of amides is 4. The Hall–Kier alpha value is -6.54. The summed E-state index contributed by atoms with van der Waals surface area (Å²) in [7, 11) is 2.56. The Kier molecular flexibility index (Phi) is 13.2. The molecule has 302 valence electrons. The van der Waals surface area contributed by atoms with Crippen molar-refractivity contribution in [1.29, 1.82) is 0 Å². The third-order valence-corrected chi connectivity index (χ3v) is 10.5. The maximum Gasteiger partial charge on any atom is 0.407 e. The Morgan fingerprint density at radius 3 is 1.84 bits per heavy atom. The van der Waals surface area contributed by atoms with Crippen molar-refractivity contribution >= 4 is 24.0 Å². The van der Waals surface area contributed by atoms with E-state index >= 15 is 0 Å². The van der Waals surface area contributed by atoms with Gasteiger partial charge in [-0.2, -0.15) is 0 Å². The van der Waals surface area contributed by atoms with Crippen LogP contribution in [0.25, 0.3) is 22.4 Å². The maximum atomic E-state index is 13.7. The molecule has 2 aliphatic heterocycles. The summed E-state index contributed by atoms with van der Waals surface area (Å²) >= 11 is 0. The first kappa shape index (κ1) is 41.1. The summed E-state index contributed by atoms with van der Waals surface area (Å²) in [5.74, 6) is 13.0. The number of alkyl carbamates (subject to hydrolysis) is 2. The number of H-pyrrole nitrogens is 2. The molecule has 4 atom stereocenters. The number of rotatable bonds is 10. The van der Waals surface area contributed by atoms with E-state index in [0.29, 0.717) is 30.4 Å². The Morgan fingerprint density at radius 2 is 1.28 bits per heavy atom. The summed E-state index contributed by atoms with van der Waals surface area (Å²) in [5, 5.41) is 5.37. The fourth-order valence-corrected chi connectivity index (χ4v) is 7.48. The van der Waals surface area contributed by atoms with Crippen molar-refractivity contribution in [2.45, 2.75) is 77.5 Å². The lowest BCUT2D eigenvalue weighted by atomic mass is 9.96. The summed E-state index contributed by atoms with van der Waals surface area (Å²) < 4.78 is 9.51. The zero-order valence-electron chi connectivity index (χ0n) is 33.7. The second kappa shape index (κ2) is 18.6. The Balaban J connectivity index is 1.19. The quantitative estimate of drug-likeness (QED) is 0.143. The highest BCUT2D eigenvalue weighted by molar-refractivity contribution is 5.87. The zero-order chi connectivity index (χ0) is 41.3. The molecule has 14 nitrogen and oxygen atoms in total. The van der Waals surface area contributed by atoms with E-state index in [0.717, 1.165) is 53.6 Å². The van der Waals surface area contributed by atoms with Crippen LogP contribution in [0.3, 0.4) is 0 Å². The maximum absolute atomic E-state index is 13.7. The van der Waals surface area contributed by atoms with E-state index in [-0.39, 0.29) is 35.7 Å². The van der Waals surface area contributed by atoms with Crippen LogP contribution < -0.4 is 10.6 Å². The molecule has 4 heterocycles. The van der Waals surface area contributed by atoms with Gasteiger partial charge in [0.25, 0.3) is 0 Å². The predicted molar refractivity (Wildman–Crippen MR) is 218 cm³/mol. The van der Waals surface area contributed by atoms with E-state index < -0.39 is 24.3 Å². The molecule has 4 amide bonds. The monoisotopic (exact) mass is 786 g/mol. The first-order valence-corrected chi connectivity index (χ1v) is 19.6. The van der Waals surface area contributed by atoms with Gasteiger partial charge < -0.3 is 39.9 Å².